The third-order valence-electron chi connectivity index (χ3n) is 5.08. The van der Waals surface area contributed by atoms with E-state index in [0.717, 1.165) is 12.2 Å². The lowest BCUT2D eigenvalue weighted by Crippen LogP contribution is -2.41. The molecule has 0 fully saturated rings. The summed E-state index contributed by atoms with van der Waals surface area (Å²) >= 11 is 3.42. The SMILES string of the molecule is CC(C)(C)[Si](C)(C)O[C@H]1C[C@H](c2ccccc2)n2nc(Br)nc21. The molecule has 2 heterocycles. The van der Waals surface area contributed by atoms with E-state index in [4.69, 9.17) is 4.43 Å². The fourth-order valence-electron chi connectivity index (χ4n) is 2.75. The molecule has 4 nitrogen and oxygen atoms in total. The molecule has 124 valence electrons. The minimum absolute atomic E-state index is 0.0138. The van der Waals surface area contributed by atoms with E-state index in [1.807, 2.05) is 10.7 Å². The highest BCUT2D eigenvalue weighted by Gasteiger charge is 2.44. The molecule has 0 N–H and O–H groups in total. The molecule has 0 saturated carbocycles. The molecule has 0 saturated heterocycles. The molecule has 23 heavy (non-hydrogen) atoms. The maximum Gasteiger partial charge on any atom is 0.217 e. The van der Waals surface area contributed by atoms with Crippen molar-refractivity contribution in [3.63, 3.8) is 0 Å². The number of halogens is 1. The van der Waals surface area contributed by atoms with E-state index in [1.54, 1.807) is 0 Å². The fourth-order valence-corrected chi connectivity index (χ4v) is 4.37. The van der Waals surface area contributed by atoms with E-state index >= 15 is 0 Å². The number of fused-ring (bicyclic) bond motifs is 1. The number of rotatable bonds is 3. The molecule has 0 unspecified atom stereocenters. The van der Waals surface area contributed by atoms with Crippen molar-refractivity contribution in [1.29, 1.82) is 0 Å². The Bertz CT molecular complexity index is 694. The summed E-state index contributed by atoms with van der Waals surface area (Å²) in [6.07, 6.45) is 0.916. The highest BCUT2D eigenvalue weighted by atomic mass is 79.9. The summed E-state index contributed by atoms with van der Waals surface area (Å²) in [6.45, 7) is 11.4. The van der Waals surface area contributed by atoms with Crippen LogP contribution in [0.3, 0.4) is 0 Å². The molecule has 0 amide bonds. The van der Waals surface area contributed by atoms with E-state index in [1.165, 1.54) is 5.56 Å². The third-order valence-corrected chi connectivity index (χ3v) is 9.90. The molecule has 1 aromatic carbocycles. The van der Waals surface area contributed by atoms with Crippen LogP contribution in [0.25, 0.3) is 0 Å². The molecule has 1 aromatic heterocycles. The Labute approximate surface area is 147 Å². The molecule has 0 radical (unpaired) electrons. The molecule has 3 rings (SSSR count). The number of aromatic nitrogens is 3. The molecule has 1 aliphatic rings. The van der Waals surface area contributed by atoms with E-state index in [-0.39, 0.29) is 17.2 Å². The first-order chi connectivity index (χ1) is 10.7. The normalized spacial score (nSPS) is 21.5. The summed E-state index contributed by atoms with van der Waals surface area (Å²) in [4.78, 5) is 4.58. The second kappa shape index (κ2) is 5.83. The highest BCUT2D eigenvalue weighted by molar-refractivity contribution is 9.10. The van der Waals surface area contributed by atoms with Crippen molar-refractivity contribution >= 4 is 24.2 Å². The van der Waals surface area contributed by atoms with Gasteiger partial charge >= 0.3 is 0 Å². The summed E-state index contributed by atoms with van der Waals surface area (Å²) in [5, 5.41) is 4.73. The van der Waals surface area contributed by atoms with Crippen molar-refractivity contribution in [2.24, 2.45) is 0 Å². The van der Waals surface area contributed by atoms with Gasteiger partial charge < -0.3 is 4.43 Å². The van der Waals surface area contributed by atoms with Crippen LogP contribution in [0, 0.1) is 0 Å². The quantitative estimate of drug-likeness (QED) is 0.681. The summed E-state index contributed by atoms with van der Waals surface area (Å²) in [6, 6.07) is 10.7. The van der Waals surface area contributed by atoms with Crippen LogP contribution in [0.2, 0.25) is 18.1 Å². The van der Waals surface area contributed by atoms with Crippen LogP contribution in [0.1, 0.15) is 50.7 Å². The van der Waals surface area contributed by atoms with E-state index in [9.17, 15) is 0 Å². The average Bonchev–Trinajstić information content (AvgIpc) is 2.97. The summed E-state index contributed by atoms with van der Waals surface area (Å²) in [7, 11) is -1.86. The molecule has 1 aliphatic heterocycles. The Balaban J connectivity index is 1.93. The van der Waals surface area contributed by atoms with Gasteiger partial charge in [0.15, 0.2) is 14.1 Å². The van der Waals surface area contributed by atoms with E-state index < -0.39 is 8.32 Å². The van der Waals surface area contributed by atoms with Gasteiger partial charge in [-0.15, -0.1) is 5.10 Å². The van der Waals surface area contributed by atoms with Crippen LogP contribution in [-0.4, -0.2) is 23.1 Å². The summed E-state index contributed by atoms with van der Waals surface area (Å²) < 4.78 is 9.31. The largest absolute Gasteiger partial charge is 0.407 e. The van der Waals surface area contributed by atoms with Crippen molar-refractivity contribution in [2.45, 2.75) is 57.5 Å². The van der Waals surface area contributed by atoms with E-state index in [2.05, 4.69) is 84.1 Å². The standard InChI is InChI=1S/C17H24BrN3OSi/c1-17(2,3)23(4,5)22-14-11-13(12-9-7-6-8-10-12)21-15(14)19-16(18)20-21/h6-10,13-14H,11H2,1-5H3/t13-,14+/m1/s1. The lowest BCUT2D eigenvalue weighted by atomic mass is 10.0. The van der Waals surface area contributed by atoms with Crippen LogP contribution < -0.4 is 0 Å². The minimum Gasteiger partial charge on any atom is -0.407 e. The molecule has 2 atom stereocenters. The van der Waals surface area contributed by atoms with Crippen molar-refractivity contribution in [3.05, 3.63) is 46.5 Å². The van der Waals surface area contributed by atoms with Crippen LogP contribution in [-0.2, 0) is 4.43 Å². The second-order valence-corrected chi connectivity index (χ2v) is 13.2. The first kappa shape index (κ1) is 16.9. The monoisotopic (exact) mass is 393 g/mol. The Morgan fingerprint density at radius 1 is 1.22 bits per heavy atom. The summed E-state index contributed by atoms with van der Waals surface area (Å²) in [5.74, 6) is 0.940. The lowest BCUT2D eigenvalue weighted by molar-refractivity contribution is 0.178. The molecular formula is C17H24BrN3OSi. The maximum atomic E-state index is 6.65. The van der Waals surface area contributed by atoms with Gasteiger partial charge in [0.25, 0.3) is 0 Å². The Morgan fingerprint density at radius 2 is 1.87 bits per heavy atom. The smallest absolute Gasteiger partial charge is 0.217 e. The molecule has 6 heteroatoms. The lowest BCUT2D eigenvalue weighted by Gasteiger charge is -2.38. The minimum atomic E-state index is -1.86. The van der Waals surface area contributed by atoms with Crippen LogP contribution in [0.4, 0.5) is 0 Å². The molecule has 0 aliphatic carbocycles. The molecular weight excluding hydrogens is 370 g/mol. The van der Waals surface area contributed by atoms with Gasteiger partial charge in [0.2, 0.25) is 4.73 Å². The fraction of sp³-hybridized carbons (Fsp3) is 0.529. The topological polar surface area (TPSA) is 39.9 Å². The summed E-state index contributed by atoms with van der Waals surface area (Å²) in [5.41, 5.74) is 1.26. The van der Waals surface area contributed by atoms with Crippen LogP contribution in [0.5, 0.6) is 0 Å². The van der Waals surface area contributed by atoms with Crippen LogP contribution >= 0.6 is 15.9 Å². The van der Waals surface area contributed by atoms with E-state index in [0.29, 0.717) is 4.73 Å². The third kappa shape index (κ3) is 3.16. The Kier molecular flexibility index (Phi) is 4.27. The zero-order valence-corrected chi connectivity index (χ0v) is 17.0. The van der Waals surface area contributed by atoms with Gasteiger partial charge in [0.05, 0.1) is 6.04 Å². The average molecular weight is 394 g/mol. The van der Waals surface area contributed by atoms with Crippen molar-refractivity contribution in [3.8, 4) is 0 Å². The number of benzene rings is 1. The zero-order chi connectivity index (χ0) is 16.8. The van der Waals surface area contributed by atoms with Crippen molar-refractivity contribution in [1.82, 2.24) is 14.8 Å². The molecule has 0 spiro atoms. The Morgan fingerprint density at radius 3 is 2.48 bits per heavy atom. The van der Waals surface area contributed by atoms with Gasteiger partial charge in [-0.25, -0.2) is 9.67 Å². The predicted octanol–water partition coefficient (Wildman–Crippen LogP) is 5.10. The van der Waals surface area contributed by atoms with Crippen molar-refractivity contribution < 1.29 is 4.43 Å². The van der Waals surface area contributed by atoms with Crippen LogP contribution in [0.15, 0.2) is 35.1 Å². The van der Waals surface area contributed by atoms with Gasteiger partial charge in [-0.2, -0.15) is 0 Å². The Hall–Kier alpha value is -0.983. The first-order valence-electron chi connectivity index (χ1n) is 8.04. The maximum absolute atomic E-state index is 6.65. The number of hydrogen-bond acceptors (Lipinski definition) is 3. The zero-order valence-electron chi connectivity index (χ0n) is 14.4. The van der Waals surface area contributed by atoms with Gasteiger partial charge in [-0.05, 0) is 39.6 Å². The van der Waals surface area contributed by atoms with Gasteiger partial charge in [0.1, 0.15) is 6.10 Å². The molecule has 0 bridgehead atoms. The number of hydrogen-bond donors (Lipinski definition) is 0. The predicted molar refractivity (Wildman–Crippen MR) is 97.9 cm³/mol. The van der Waals surface area contributed by atoms with Gasteiger partial charge in [-0.1, -0.05) is 51.1 Å². The van der Waals surface area contributed by atoms with Crippen molar-refractivity contribution in [2.75, 3.05) is 0 Å². The van der Waals surface area contributed by atoms with Gasteiger partial charge in [0, 0.05) is 6.42 Å². The molecule has 2 aromatic rings. The highest BCUT2D eigenvalue weighted by Crippen LogP contribution is 2.45. The van der Waals surface area contributed by atoms with Gasteiger partial charge in [-0.3, -0.25) is 0 Å². The first-order valence-corrected chi connectivity index (χ1v) is 11.7. The number of nitrogens with zero attached hydrogens (tertiary/aromatic N) is 3. The second-order valence-electron chi connectivity index (χ2n) is 7.71.